The van der Waals surface area contributed by atoms with E-state index in [1.165, 1.54) is 12.8 Å². The van der Waals surface area contributed by atoms with E-state index in [9.17, 15) is 4.79 Å². The second kappa shape index (κ2) is 7.76. The Bertz CT molecular complexity index is 491. The molecular weight excluding hydrogens is 304 g/mol. The number of ether oxygens (including phenoxy) is 1. The predicted octanol–water partition coefficient (Wildman–Crippen LogP) is 1.55. The molecule has 2 saturated heterocycles. The summed E-state index contributed by atoms with van der Waals surface area (Å²) in [5, 5.41) is 2.81. The van der Waals surface area contributed by atoms with E-state index in [2.05, 4.69) is 15.2 Å². The Kier molecular flexibility index (Phi) is 5.99. The Balaban J connectivity index is 0.00000176. The fourth-order valence-electron chi connectivity index (χ4n) is 2.90. The van der Waals surface area contributed by atoms with Crippen LogP contribution in [0.5, 0.6) is 0 Å². The van der Waals surface area contributed by atoms with E-state index >= 15 is 0 Å². The van der Waals surface area contributed by atoms with Gasteiger partial charge in [-0.25, -0.2) is 4.98 Å². The molecule has 0 aromatic carbocycles. The van der Waals surface area contributed by atoms with Gasteiger partial charge in [-0.1, -0.05) is 0 Å². The van der Waals surface area contributed by atoms with Crippen LogP contribution in [0.2, 0.25) is 0 Å². The molecule has 1 amide bonds. The number of rotatable bonds is 4. The molecule has 0 saturated carbocycles. The first-order chi connectivity index (χ1) is 10.3. The lowest BCUT2D eigenvalue weighted by molar-refractivity contribution is -0.126. The third-order valence-corrected chi connectivity index (χ3v) is 4.13. The van der Waals surface area contributed by atoms with Crippen molar-refractivity contribution in [2.75, 3.05) is 29.9 Å². The van der Waals surface area contributed by atoms with Gasteiger partial charge in [-0.05, 0) is 37.8 Å². The van der Waals surface area contributed by atoms with Crippen LogP contribution in [0.1, 0.15) is 25.7 Å². The summed E-state index contributed by atoms with van der Waals surface area (Å²) in [6.45, 7) is 2.64. The number of nitrogens with one attached hydrogen (secondary N) is 1. The average Bonchev–Trinajstić information content (AvgIpc) is 3.19. The van der Waals surface area contributed by atoms with Gasteiger partial charge in [-0.2, -0.15) is 0 Å². The molecule has 0 unspecified atom stereocenters. The molecule has 6 nitrogen and oxygen atoms in total. The topological polar surface area (TPSA) is 80.5 Å². The number of amides is 1. The summed E-state index contributed by atoms with van der Waals surface area (Å²) in [6, 6.07) is 3.85. The second-order valence-electron chi connectivity index (χ2n) is 5.64. The van der Waals surface area contributed by atoms with E-state index in [4.69, 9.17) is 10.5 Å². The number of nitrogens with zero attached hydrogens (tertiary/aromatic N) is 2. The van der Waals surface area contributed by atoms with Gasteiger partial charge in [-0.3, -0.25) is 4.79 Å². The van der Waals surface area contributed by atoms with E-state index in [0.717, 1.165) is 31.6 Å². The molecule has 2 aliphatic rings. The maximum Gasteiger partial charge on any atom is 0.254 e. The van der Waals surface area contributed by atoms with Gasteiger partial charge in [0.05, 0.1) is 18.0 Å². The molecule has 0 aliphatic carbocycles. The molecule has 3 heterocycles. The largest absolute Gasteiger partial charge is 0.370 e. The Morgan fingerprint density at radius 1 is 1.36 bits per heavy atom. The Labute approximate surface area is 136 Å². The van der Waals surface area contributed by atoms with Gasteiger partial charge in [0, 0.05) is 19.6 Å². The molecule has 3 N–H and O–H groups in total. The van der Waals surface area contributed by atoms with Crippen molar-refractivity contribution in [2.45, 2.75) is 37.9 Å². The second-order valence-corrected chi connectivity index (χ2v) is 5.64. The molecule has 1 aromatic rings. The molecule has 2 fully saturated rings. The molecule has 0 bridgehead atoms. The number of hydrogen-bond donors (Lipinski definition) is 2. The summed E-state index contributed by atoms with van der Waals surface area (Å²) in [5.74, 6) is 0.440. The summed E-state index contributed by atoms with van der Waals surface area (Å²) < 4.78 is 5.58. The number of carbonyl (C=O) groups excluding carboxylic acids is 1. The van der Waals surface area contributed by atoms with Gasteiger partial charge in [0.25, 0.3) is 5.91 Å². The fourth-order valence-corrected chi connectivity index (χ4v) is 2.90. The van der Waals surface area contributed by atoms with Crippen LogP contribution in [0.4, 0.5) is 11.5 Å². The van der Waals surface area contributed by atoms with Crippen LogP contribution >= 0.6 is 12.4 Å². The molecule has 1 aromatic heterocycles. The average molecular weight is 327 g/mol. The molecule has 2 aliphatic heterocycles. The van der Waals surface area contributed by atoms with Crippen molar-refractivity contribution in [1.29, 1.82) is 0 Å². The maximum atomic E-state index is 12.1. The molecule has 3 rings (SSSR count). The minimum absolute atomic E-state index is 0. The van der Waals surface area contributed by atoms with Crippen molar-refractivity contribution in [1.82, 2.24) is 4.98 Å². The van der Waals surface area contributed by atoms with Crippen molar-refractivity contribution in [3.05, 3.63) is 18.3 Å². The monoisotopic (exact) mass is 326 g/mol. The first-order valence-corrected chi connectivity index (χ1v) is 7.63. The molecule has 22 heavy (non-hydrogen) atoms. The number of pyridine rings is 1. The highest BCUT2D eigenvalue weighted by molar-refractivity contribution is 5.93. The summed E-state index contributed by atoms with van der Waals surface area (Å²) in [6.07, 6.45) is 5.46. The lowest BCUT2D eigenvalue weighted by atomic mass is 10.2. The van der Waals surface area contributed by atoms with Crippen LogP contribution in [0, 0.1) is 0 Å². The molecule has 2 atom stereocenters. The predicted molar refractivity (Wildman–Crippen MR) is 88.5 cm³/mol. The zero-order valence-corrected chi connectivity index (χ0v) is 13.3. The van der Waals surface area contributed by atoms with E-state index in [1.807, 2.05) is 18.3 Å². The normalized spacial score (nSPS) is 24.1. The summed E-state index contributed by atoms with van der Waals surface area (Å²) in [5.41, 5.74) is 6.67. The van der Waals surface area contributed by atoms with Crippen LogP contribution in [0.3, 0.4) is 0 Å². The smallest absolute Gasteiger partial charge is 0.254 e. The van der Waals surface area contributed by atoms with Gasteiger partial charge in [-0.15, -0.1) is 12.4 Å². The maximum absolute atomic E-state index is 12.1. The summed E-state index contributed by atoms with van der Waals surface area (Å²) in [4.78, 5) is 18.7. The Morgan fingerprint density at radius 2 is 2.14 bits per heavy atom. The number of nitrogens with two attached hydrogens (primary N) is 1. The first kappa shape index (κ1) is 17.0. The van der Waals surface area contributed by atoms with Gasteiger partial charge >= 0.3 is 0 Å². The van der Waals surface area contributed by atoms with Crippen LogP contribution in [0.15, 0.2) is 18.3 Å². The van der Waals surface area contributed by atoms with Gasteiger partial charge in [0.15, 0.2) is 0 Å². The van der Waals surface area contributed by atoms with Crippen molar-refractivity contribution in [2.24, 2.45) is 5.73 Å². The van der Waals surface area contributed by atoms with E-state index in [-0.39, 0.29) is 24.4 Å². The first-order valence-electron chi connectivity index (χ1n) is 7.63. The fraction of sp³-hybridized carbons (Fsp3) is 0.600. The van der Waals surface area contributed by atoms with Crippen molar-refractivity contribution in [3.63, 3.8) is 0 Å². The number of halogens is 1. The van der Waals surface area contributed by atoms with Crippen molar-refractivity contribution in [3.8, 4) is 0 Å². The van der Waals surface area contributed by atoms with Crippen LogP contribution in [-0.4, -0.2) is 42.7 Å². The highest BCUT2D eigenvalue weighted by Crippen LogP contribution is 2.22. The van der Waals surface area contributed by atoms with E-state index in [0.29, 0.717) is 12.4 Å². The quantitative estimate of drug-likeness (QED) is 0.877. The van der Waals surface area contributed by atoms with Gasteiger partial charge < -0.3 is 20.7 Å². The molecule has 7 heteroatoms. The number of hydrogen-bond acceptors (Lipinski definition) is 5. The van der Waals surface area contributed by atoms with Crippen molar-refractivity contribution < 1.29 is 9.53 Å². The number of aromatic nitrogens is 1. The van der Waals surface area contributed by atoms with Gasteiger partial charge in [0.2, 0.25) is 0 Å². The highest BCUT2D eigenvalue weighted by atomic mass is 35.5. The zero-order chi connectivity index (χ0) is 14.7. The van der Waals surface area contributed by atoms with Crippen LogP contribution < -0.4 is 16.0 Å². The van der Waals surface area contributed by atoms with Gasteiger partial charge in [0.1, 0.15) is 11.9 Å². The molecule has 0 spiro atoms. The lowest BCUT2D eigenvalue weighted by Crippen LogP contribution is -2.30. The molecule has 0 radical (unpaired) electrons. The molecular formula is C15H23ClN4O2. The summed E-state index contributed by atoms with van der Waals surface area (Å²) >= 11 is 0. The van der Waals surface area contributed by atoms with Crippen molar-refractivity contribution >= 4 is 29.8 Å². The lowest BCUT2D eigenvalue weighted by Gasteiger charge is -2.17. The highest BCUT2D eigenvalue weighted by Gasteiger charge is 2.30. The third kappa shape index (κ3) is 3.88. The molecule has 122 valence electrons. The standard InChI is InChI=1S/C15H22N4O2.ClH/c16-9-12-4-5-13(21-12)15(20)18-14-6-3-11(10-17-14)19-7-1-2-8-19;/h3,6,10,12-13H,1-2,4-5,7-9,16H2,(H,17,18,20);1H/t12-,13+;/m1./s1. The zero-order valence-electron chi connectivity index (χ0n) is 12.5. The summed E-state index contributed by atoms with van der Waals surface area (Å²) in [7, 11) is 0. The van der Waals surface area contributed by atoms with E-state index in [1.54, 1.807) is 0 Å². The number of carbonyl (C=O) groups is 1. The third-order valence-electron chi connectivity index (χ3n) is 4.13. The Morgan fingerprint density at radius 3 is 2.73 bits per heavy atom. The van der Waals surface area contributed by atoms with Crippen LogP contribution in [-0.2, 0) is 9.53 Å². The van der Waals surface area contributed by atoms with E-state index < -0.39 is 6.10 Å². The van der Waals surface area contributed by atoms with Crippen LogP contribution in [0.25, 0.3) is 0 Å². The SMILES string of the molecule is Cl.NC[C@H]1CC[C@@H](C(=O)Nc2ccc(N3CCCC3)cn2)O1. The Hall–Kier alpha value is -1.37. The minimum Gasteiger partial charge on any atom is -0.370 e. The number of anilines is 2. The minimum atomic E-state index is -0.404.